The molecule has 7 nitrogen and oxygen atoms in total. The molecule has 1 aromatic heterocycles. The molecule has 4 atom stereocenters. The van der Waals surface area contributed by atoms with Gasteiger partial charge in [0, 0.05) is 18.6 Å². The number of aliphatic hydroxyl groups is 1. The fourth-order valence-corrected chi connectivity index (χ4v) is 5.37. The summed E-state index contributed by atoms with van der Waals surface area (Å²) in [4.78, 5) is 15.0. The number of carbonyl (C=O) groups is 1. The van der Waals surface area contributed by atoms with Crippen molar-refractivity contribution in [3.8, 4) is 0 Å². The molecule has 3 saturated heterocycles. The van der Waals surface area contributed by atoms with E-state index in [1.807, 2.05) is 10.9 Å². The van der Waals surface area contributed by atoms with Gasteiger partial charge in [-0.15, -0.1) is 5.10 Å². The average Bonchev–Trinajstić information content (AvgIpc) is 3.37. The first-order valence-corrected chi connectivity index (χ1v) is 10.8. The van der Waals surface area contributed by atoms with E-state index in [0.717, 1.165) is 76.7 Å². The third-order valence-corrected chi connectivity index (χ3v) is 7.23. The van der Waals surface area contributed by atoms with Gasteiger partial charge in [0.2, 0.25) is 5.91 Å². The highest BCUT2D eigenvalue weighted by Crippen LogP contribution is 2.38. The molecule has 5 fully saturated rings. The number of carbonyl (C=O) groups excluding carboxylic acids is 1. The van der Waals surface area contributed by atoms with Crippen LogP contribution >= 0.6 is 0 Å². The quantitative estimate of drug-likeness (QED) is 0.816. The summed E-state index contributed by atoms with van der Waals surface area (Å²) in [5, 5.41) is 22.7. The van der Waals surface area contributed by atoms with E-state index in [1.54, 1.807) is 0 Å². The van der Waals surface area contributed by atoms with Crippen molar-refractivity contribution >= 4 is 5.91 Å². The molecule has 1 unspecified atom stereocenters. The summed E-state index contributed by atoms with van der Waals surface area (Å²) in [6, 6.07) is 0.868. The molecule has 0 radical (unpaired) electrons. The van der Waals surface area contributed by atoms with Crippen LogP contribution in [0.5, 0.6) is 0 Å². The number of rotatable bonds is 5. The Morgan fingerprint density at radius 3 is 2.78 bits per heavy atom. The molecule has 1 amide bonds. The Hall–Kier alpha value is -1.47. The van der Waals surface area contributed by atoms with Gasteiger partial charge in [-0.3, -0.25) is 14.4 Å². The number of nitrogens with one attached hydrogen (secondary N) is 1. The Balaban J connectivity index is 1.22. The maximum Gasteiger partial charge on any atom is 0.224 e. The first kappa shape index (κ1) is 17.6. The van der Waals surface area contributed by atoms with Gasteiger partial charge in [-0.1, -0.05) is 24.5 Å². The third-order valence-electron chi connectivity index (χ3n) is 7.23. The van der Waals surface area contributed by atoms with Crippen LogP contribution in [0.2, 0.25) is 0 Å². The number of hydrogen-bond donors (Lipinski definition) is 2. The Bertz CT molecular complexity index is 694. The Kier molecular flexibility index (Phi) is 4.47. The maximum atomic E-state index is 12.5. The highest BCUT2D eigenvalue weighted by Gasteiger charge is 2.44. The number of amides is 1. The summed E-state index contributed by atoms with van der Waals surface area (Å²) in [5.74, 6) is 0.919. The number of aromatic nitrogens is 3. The topological polar surface area (TPSA) is 83.3 Å². The summed E-state index contributed by atoms with van der Waals surface area (Å²) in [5.41, 5.74) is -0.0474. The maximum absolute atomic E-state index is 12.5. The van der Waals surface area contributed by atoms with Crippen molar-refractivity contribution in [1.82, 2.24) is 25.2 Å². The van der Waals surface area contributed by atoms with Crippen LogP contribution in [0.4, 0.5) is 0 Å². The second-order valence-electron chi connectivity index (χ2n) is 9.24. The van der Waals surface area contributed by atoms with E-state index in [0.29, 0.717) is 18.0 Å². The van der Waals surface area contributed by atoms with Gasteiger partial charge in [-0.2, -0.15) is 0 Å². The largest absolute Gasteiger partial charge is 0.383 e. The smallest absolute Gasteiger partial charge is 0.224 e. The number of hydrogen-bond acceptors (Lipinski definition) is 5. The van der Waals surface area contributed by atoms with Gasteiger partial charge < -0.3 is 10.4 Å². The molecule has 7 heteroatoms. The van der Waals surface area contributed by atoms with Crippen molar-refractivity contribution in [2.45, 2.75) is 82.0 Å². The molecule has 0 spiro atoms. The molecule has 148 valence electrons. The predicted molar refractivity (Wildman–Crippen MR) is 99.7 cm³/mol. The molecule has 2 saturated carbocycles. The lowest BCUT2D eigenvalue weighted by Gasteiger charge is -2.49. The van der Waals surface area contributed by atoms with Gasteiger partial charge in [0.05, 0.1) is 18.7 Å². The second kappa shape index (κ2) is 6.85. The summed E-state index contributed by atoms with van der Waals surface area (Å²) in [6.45, 7) is 2.75. The number of piperidine rings is 3. The minimum atomic E-state index is -0.783. The Morgan fingerprint density at radius 2 is 2.07 bits per heavy atom. The van der Waals surface area contributed by atoms with E-state index in [4.69, 9.17) is 0 Å². The highest BCUT2D eigenvalue weighted by atomic mass is 16.3. The molecule has 5 aliphatic rings. The van der Waals surface area contributed by atoms with Gasteiger partial charge in [-0.05, 0) is 51.0 Å². The van der Waals surface area contributed by atoms with Crippen molar-refractivity contribution in [2.24, 2.45) is 11.8 Å². The molecule has 3 aliphatic heterocycles. The SMILES string of the molecule is O=C(NC1CC1)[C@H]1CN2CC[C@H]1C[C@@H]2Cn1cc(C2(O)CCCCC2)nn1. The third kappa shape index (κ3) is 3.51. The van der Waals surface area contributed by atoms with Crippen LogP contribution < -0.4 is 5.32 Å². The van der Waals surface area contributed by atoms with Crippen LogP contribution in [-0.4, -0.2) is 56.1 Å². The summed E-state index contributed by atoms with van der Waals surface area (Å²) in [7, 11) is 0. The molecule has 2 N–H and O–H groups in total. The Morgan fingerprint density at radius 1 is 1.26 bits per heavy atom. The van der Waals surface area contributed by atoms with Crippen molar-refractivity contribution in [2.75, 3.05) is 13.1 Å². The van der Waals surface area contributed by atoms with E-state index >= 15 is 0 Å². The van der Waals surface area contributed by atoms with Gasteiger partial charge in [0.15, 0.2) is 0 Å². The van der Waals surface area contributed by atoms with Crippen LogP contribution in [-0.2, 0) is 16.9 Å². The fourth-order valence-electron chi connectivity index (χ4n) is 5.37. The van der Waals surface area contributed by atoms with E-state index < -0.39 is 5.60 Å². The van der Waals surface area contributed by atoms with E-state index in [1.165, 1.54) is 6.42 Å². The summed E-state index contributed by atoms with van der Waals surface area (Å²) in [6.07, 6.45) is 11.3. The van der Waals surface area contributed by atoms with E-state index in [-0.39, 0.29) is 11.8 Å². The van der Waals surface area contributed by atoms with Crippen molar-refractivity contribution in [3.05, 3.63) is 11.9 Å². The van der Waals surface area contributed by atoms with Crippen LogP contribution in [0.25, 0.3) is 0 Å². The minimum absolute atomic E-state index is 0.157. The summed E-state index contributed by atoms with van der Waals surface area (Å²) < 4.78 is 1.91. The lowest BCUT2D eigenvalue weighted by molar-refractivity contribution is -0.133. The van der Waals surface area contributed by atoms with Crippen LogP contribution in [0.15, 0.2) is 6.20 Å². The molecular formula is C20H31N5O2. The molecule has 2 bridgehead atoms. The van der Waals surface area contributed by atoms with Gasteiger partial charge in [0.1, 0.15) is 11.3 Å². The van der Waals surface area contributed by atoms with Gasteiger partial charge >= 0.3 is 0 Å². The molecule has 2 aliphatic carbocycles. The lowest BCUT2D eigenvalue weighted by atomic mass is 9.75. The van der Waals surface area contributed by atoms with Crippen LogP contribution in [0, 0.1) is 11.8 Å². The van der Waals surface area contributed by atoms with Crippen molar-refractivity contribution in [1.29, 1.82) is 0 Å². The average molecular weight is 374 g/mol. The lowest BCUT2D eigenvalue weighted by Crippen LogP contribution is -2.58. The van der Waals surface area contributed by atoms with Crippen LogP contribution in [0.3, 0.4) is 0 Å². The van der Waals surface area contributed by atoms with Gasteiger partial charge in [-0.25, -0.2) is 0 Å². The van der Waals surface area contributed by atoms with Crippen molar-refractivity contribution < 1.29 is 9.90 Å². The molecule has 6 rings (SSSR count). The zero-order valence-electron chi connectivity index (χ0n) is 16.0. The highest BCUT2D eigenvalue weighted by molar-refractivity contribution is 5.80. The molecule has 0 aromatic carbocycles. The summed E-state index contributed by atoms with van der Waals surface area (Å²) >= 11 is 0. The fraction of sp³-hybridized carbons (Fsp3) is 0.850. The van der Waals surface area contributed by atoms with E-state index in [9.17, 15) is 9.90 Å². The Labute approximate surface area is 160 Å². The zero-order valence-corrected chi connectivity index (χ0v) is 16.0. The first-order valence-electron chi connectivity index (χ1n) is 10.8. The second-order valence-corrected chi connectivity index (χ2v) is 9.24. The number of nitrogens with zero attached hydrogens (tertiary/aromatic N) is 4. The van der Waals surface area contributed by atoms with Gasteiger partial charge in [0.25, 0.3) is 0 Å². The normalized spacial score (nSPS) is 35.1. The van der Waals surface area contributed by atoms with Crippen LogP contribution in [0.1, 0.15) is 63.5 Å². The molecular weight excluding hydrogens is 342 g/mol. The molecule has 27 heavy (non-hydrogen) atoms. The first-order chi connectivity index (χ1) is 13.1. The van der Waals surface area contributed by atoms with Crippen molar-refractivity contribution in [3.63, 3.8) is 0 Å². The zero-order chi connectivity index (χ0) is 18.4. The van der Waals surface area contributed by atoms with E-state index in [2.05, 4.69) is 20.5 Å². The number of fused-ring (bicyclic) bond motifs is 3. The standard InChI is InChI=1S/C20H31N5O2/c26-19(21-15-4-5-15)17-12-24-9-6-14(17)10-16(24)11-25-13-18(22-23-25)20(27)7-2-1-3-8-20/h13-17,27H,1-12H2,(H,21,26)/t14-,16+,17-/m0/s1. The minimum Gasteiger partial charge on any atom is -0.383 e. The predicted octanol–water partition coefficient (Wildman–Crippen LogP) is 1.42. The molecule has 4 heterocycles. The molecule has 1 aromatic rings. The monoisotopic (exact) mass is 373 g/mol.